The van der Waals surface area contributed by atoms with E-state index in [2.05, 4.69) is 6.92 Å². The lowest BCUT2D eigenvalue weighted by Crippen LogP contribution is -2.40. The molecule has 0 aromatic carbocycles. The molecule has 3 unspecified atom stereocenters. The van der Waals surface area contributed by atoms with Crippen LogP contribution in [-0.2, 0) is 9.53 Å². The summed E-state index contributed by atoms with van der Waals surface area (Å²) in [5, 5.41) is 0. The zero-order valence-electron chi connectivity index (χ0n) is 10.7. The summed E-state index contributed by atoms with van der Waals surface area (Å²) in [6.45, 7) is 3.60. The second kappa shape index (κ2) is 5.83. The van der Waals surface area contributed by atoms with E-state index in [1.165, 1.54) is 0 Å². The molecule has 0 radical (unpaired) electrons. The van der Waals surface area contributed by atoms with Crippen LogP contribution < -0.4 is 5.73 Å². The third-order valence-electron chi connectivity index (χ3n) is 3.97. The molecule has 3 atom stereocenters. The highest BCUT2D eigenvalue weighted by Crippen LogP contribution is 2.24. The van der Waals surface area contributed by atoms with Crippen molar-refractivity contribution in [1.82, 2.24) is 4.90 Å². The Labute approximate surface area is 103 Å². The molecule has 2 aliphatic rings. The van der Waals surface area contributed by atoms with E-state index in [1.807, 2.05) is 4.90 Å². The van der Waals surface area contributed by atoms with E-state index in [4.69, 9.17) is 10.5 Å². The van der Waals surface area contributed by atoms with Crippen LogP contribution in [0, 0.1) is 0 Å². The fraction of sp³-hybridized carbons (Fsp3) is 0.923. The molecule has 4 nitrogen and oxygen atoms in total. The van der Waals surface area contributed by atoms with Gasteiger partial charge in [0, 0.05) is 25.6 Å². The Morgan fingerprint density at radius 2 is 2.24 bits per heavy atom. The smallest absolute Gasteiger partial charge is 0.222 e. The second-order valence-electron chi connectivity index (χ2n) is 5.30. The average Bonchev–Trinajstić information content (AvgIpc) is 2.94. The van der Waals surface area contributed by atoms with Crippen LogP contribution in [0.15, 0.2) is 0 Å². The molecule has 0 aliphatic carbocycles. The van der Waals surface area contributed by atoms with Crippen molar-refractivity contribution in [2.24, 2.45) is 5.73 Å². The first-order chi connectivity index (χ1) is 8.20. The Hall–Kier alpha value is -0.610. The number of carbonyl (C=O) groups is 1. The molecule has 17 heavy (non-hydrogen) atoms. The summed E-state index contributed by atoms with van der Waals surface area (Å²) in [6.07, 6.45) is 6.57. The predicted molar refractivity (Wildman–Crippen MR) is 66.6 cm³/mol. The van der Waals surface area contributed by atoms with Crippen molar-refractivity contribution >= 4 is 5.91 Å². The first-order valence-corrected chi connectivity index (χ1v) is 6.85. The van der Waals surface area contributed by atoms with Crippen LogP contribution in [0.2, 0.25) is 0 Å². The molecule has 98 valence electrons. The minimum Gasteiger partial charge on any atom is -0.375 e. The van der Waals surface area contributed by atoms with Crippen LogP contribution in [0.3, 0.4) is 0 Å². The van der Waals surface area contributed by atoms with E-state index in [9.17, 15) is 4.79 Å². The van der Waals surface area contributed by atoms with Crippen molar-refractivity contribution in [2.75, 3.05) is 13.1 Å². The van der Waals surface area contributed by atoms with Crippen molar-refractivity contribution in [3.63, 3.8) is 0 Å². The third kappa shape index (κ3) is 3.19. The molecule has 0 saturated carbocycles. The minimum absolute atomic E-state index is 0.265. The Bertz CT molecular complexity index is 270. The average molecular weight is 240 g/mol. The molecule has 2 heterocycles. The van der Waals surface area contributed by atoms with Gasteiger partial charge in [-0.3, -0.25) is 4.79 Å². The van der Waals surface area contributed by atoms with Gasteiger partial charge in [-0.05, 0) is 39.0 Å². The fourth-order valence-electron chi connectivity index (χ4n) is 2.93. The molecule has 4 heteroatoms. The molecule has 2 aliphatic heterocycles. The molecule has 0 aromatic rings. The topological polar surface area (TPSA) is 55.6 Å². The van der Waals surface area contributed by atoms with Crippen molar-refractivity contribution in [1.29, 1.82) is 0 Å². The quantitative estimate of drug-likeness (QED) is 0.805. The molecular weight excluding hydrogens is 216 g/mol. The molecule has 2 fully saturated rings. The summed E-state index contributed by atoms with van der Waals surface area (Å²) < 4.78 is 5.73. The Balaban J connectivity index is 1.73. The van der Waals surface area contributed by atoms with Gasteiger partial charge in [0.05, 0.1) is 12.2 Å². The summed E-state index contributed by atoms with van der Waals surface area (Å²) in [6, 6.07) is 0.283. The SMILES string of the molecule is CC1CCC(CCC(=O)N2CCCC2CN)O1. The van der Waals surface area contributed by atoms with E-state index in [0.29, 0.717) is 25.2 Å². The molecule has 2 saturated heterocycles. The van der Waals surface area contributed by atoms with Gasteiger partial charge in [-0.1, -0.05) is 0 Å². The monoisotopic (exact) mass is 240 g/mol. The van der Waals surface area contributed by atoms with Crippen molar-refractivity contribution in [3.8, 4) is 0 Å². The summed E-state index contributed by atoms with van der Waals surface area (Å²) in [4.78, 5) is 14.0. The van der Waals surface area contributed by atoms with Crippen molar-refractivity contribution < 1.29 is 9.53 Å². The van der Waals surface area contributed by atoms with E-state index in [0.717, 1.165) is 38.6 Å². The minimum atomic E-state index is 0.265. The summed E-state index contributed by atoms with van der Waals surface area (Å²) >= 11 is 0. The number of hydrogen-bond acceptors (Lipinski definition) is 3. The molecule has 1 amide bonds. The van der Waals surface area contributed by atoms with Gasteiger partial charge in [0.1, 0.15) is 0 Å². The number of carbonyl (C=O) groups excluding carboxylic acids is 1. The van der Waals surface area contributed by atoms with Crippen LogP contribution in [-0.4, -0.2) is 42.1 Å². The zero-order valence-corrected chi connectivity index (χ0v) is 10.7. The maximum Gasteiger partial charge on any atom is 0.222 e. The van der Waals surface area contributed by atoms with Gasteiger partial charge in [0.25, 0.3) is 0 Å². The number of likely N-dealkylation sites (tertiary alicyclic amines) is 1. The molecule has 2 N–H and O–H groups in total. The van der Waals surface area contributed by atoms with Crippen LogP contribution in [0.25, 0.3) is 0 Å². The number of nitrogens with two attached hydrogens (primary N) is 1. The molecule has 0 bridgehead atoms. The summed E-state index contributed by atoms with van der Waals surface area (Å²) in [5.74, 6) is 0.265. The number of hydrogen-bond donors (Lipinski definition) is 1. The maximum absolute atomic E-state index is 12.1. The Morgan fingerprint density at radius 1 is 1.41 bits per heavy atom. The van der Waals surface area contributed by atoms with Gasteiger partial charge in [-0.25, -0.2) is 0 Å². The highest BCUT2D eigenvalue weighted by molar-refractivity contribution is 5.76. The number of amides is 1. The summed E-state index contributed by atoms with van der Waals surface area (Å²) in [7, 11) is 0. The van der Waals surface area contributed by atoms with Crippen LogP contribution in [0.1, 0.15) is 45.4 Å². The largest absolute Gasteiger partial charge is 0.375 e. The maximum atomic E-state index is 12.1. The lowest BCUT2D eigenvalue weighted by atomic mass is 10.1. The lowest BCUT2D eigenvalue weighted by molar-refractivity contribution is -0.132. The number of nitrogens with zero attached hydrogens (tertiary/aromatic N) is 1. The van der Waals surface area contributed by atoms with Crippen LogP contribution in [0.4, 0.5) is 0 Å². The van der Waals surface area contributed by atoms with E-state index >= 15 is 0 Å². The summed E-state index contributed by atoms with van der Waals surface area (Å²) in [5.41, 5.74) is 5.68. The second-order valence-corrected chi connectivity index (χ2v) is 5.30. The van der Waals surface area contributed by atoms with Gasteiger partial charge in [-0.2, -0.15) is 0 Å². The standard InChI is InChI=1S/C13H24N2O2/c1-10-4-5-12(17-10)6-7-13(16)15-8-2-3-11(15)9-14/h10-12H,2-9,14H2,1H3. The van der Waals surface area contributed by atoms with Gasteiger partial charge < -0.3 is 15.4 Å². The molecule has 0 spiro atoms. The normalized spacial score (nSPS) is 33.3. The van der Waals surface area contributed by atoms with Crippen molar-refractivity contribution in [3.05, 3.63) is 0 Å². The number of ether oxygens (including phenoxy) is 1. The highest BCUT2D eigenvalue weighted by atomic mass is 16.5. The first kappa shape index (κ1) is 12.8. The highest BCUT2D eigenvalue weighted by Gasteiger charge is 2.28. The van der Waals surface area contributed by atoms with Crippen LogP contribution >= 0.6 is 0 Å². The van der Waals surface area contributed by atoms with Gasteiger partial charge >= 0.3 is 0 Å². The zero-order chi connectivity index (χ0) is 12.3. The molecule has 2 rings (SSSR count). The van der Waals surface area contributed by atoms with E-state index in [-0.39, 0.29) is 11.9 Å². The van der Waals surface area contributed by atoms with E-state index in [1.54, 1.807) is 0 Å². The number of rotatable bonds is 4. The predicted octanol–water partition coefficient (Wildman–Crippen LogP) is 1.28. The van der Waals surface area contributed by atoms with Gasteiger partial charge in [0.2, 0.25) is 5.91 Å². The Morgan fingerprint density at radius 3 is 2.88 bits per heavy atom. The first-order valence-electron chi connectivity index (χ1n) is 6.85. The Kier molecular flexibility index (Phi) is 4.40. The fourth-order valence-corrected chi connectivity index (χ4v) is 2.93. The third-order valence-corrected chi connectivity index (χ3v) is 3.97. The lowest BCUT2D eigenvalue weighted by Gasteiger charge is -2.24. The van der Waals surface area contributed by atoms with Gasteiger partial charge in [0.15, 0.2) is 0 Å². The van der Waals surface area contributed by atoms with Crippen molar-refractivity contribution in [2.45, 2.75) is 63.7 Å². The van der Waals surface area contributed by atoms with Gasteiger partial charge in [-0.15, -0.1) is 0 Å². The molecule has 0 aromatic heterocycles. The van der Waals surface area contributed by atoms with E-state index < -0.39 is 0 Å². The van der Waals surface area contributed by atoms with Crippen LogP contribution in [0.5, 0.6) is 0 Å². The molecular formula is C13H24N2O2.